The van der Waals surface area contributed by atoms with Crippen molar-refractivity contribution >= 4 is 16.0 Å². The van der Waals surface area contributed by atoms with Gasteiger partial charge in [-0.1, -0.05) is 12.1 Å². The van der Waals surface area contributed by atoms with E-state index in [4.69, 9.17) is 5.11 Å². The van der Waals surface area contributed by atoms with Gasteiger partial charge in [0.05, 0.1) is 19.2 Å². The summed E-state index contributed by atoms with van der Waals surface area (Å²) in [7, 11) is -3.64. The molecule has 0 aliphatic carbocycles. The van der Waals surface area contributed by atoms with Crippen LogP contribution in [0.4, 0.5) is 4.39 Å². The SMILES string of the molecule is Cc1nc(CN(Cc2ccc(F)cc2)S(C)(=O)=O)[nH]c(=O)c1CC(=O)O. The molecule has 0 aliphatic rings. The first-order valence-corrected chi connectivity index (χ1v) is 9.41. The van der Waals surface area contributed by atoms with E-state index in [1.54, 1.807) is 0 Å². The lowest BCUT2D eigenvalue weighted by atomic mass is 10.2. The Kier molecular flexibility index (Phi) is 5.88. The lowest BCUT2D eigenvalue weighted by molar-refractivity contribution is -0.136. The quantitative estimate of drug-likeness (QED) is 0.730. The van der Waals surface area contributed by atoms with E-state index in [2.05, 4.69) is 9.97 Å². The monoisotopic (exact) mass is 383 g/mol. The topological polar surface area (TPSA) is 120 Å². The molecule has 0 saturated carbocycles. The number of hydrogen-bond donors (Lipinski definition) is 2. The van der Waals surface area contributed by atoms with Crippen LogP contribution in [-0.4, -0.2) is 40.0 Å². The second-order valence-electron chi connectivity index (χ2n) is 5.80. The van der Waals surface area contributed by atoms with Gasteiger partial charge in [-0.05, 0) is 24.6 Å². The van der Waals surface area contributed by atoms with E-state index in [-0.39, 0.29) is 30.2 Å². The molecule has 2 aromatic rings. The molecule has 1 heterocycles. The molecule has 0 radical (unpaired) electrons. The molecule has 10 heteroatoms. The van der Waals surface area contributed by atoms with Gasteiger partial charge in [0, 0.05) is 17.8 Å². The van der Waals surface area contributed by atoms with Crippen LogP contribution in [0.5, 0.6) is 0 Å². The predicted molar refractivity (Wildman–Crippen MR) is 91.4 cm³/mol. The number of aliphatic carboxylic acids is 1. The van der Waals surface area contributed by atoms with Crippen LogP contribution in [0, 0.1) is 12.7 Å². The molecule has 0 unspecified atom stereocenters. The highest BCUT2D eigenvalue weighted by Gasteiger charge is 2.20. The summed E-state index contributed by atoms with van der Waals surface area (Å²) in [5, 5.41) is 8.83. The summed E-state index contributed by atoms with van der Waals surface area (Å²) >= 11 is 0. The maximum atomic E-state index is 13.0. The first kappa shape index (κ1) is 19.7. The van der Waals surface area contributed by atoms with Gasteiger partial charge in [-0.3, -0.25) is 9.59 Å². The molecule has 26 heavy (non-hydrogen) atoms. The summed E-state index contributed by atoms with van der Waals surface area (Å²) in [6.07, 6.45) is 0.542. The van der Waals surface area contributed by atoms with Crippen molar-refractivity contribution in [1.82, 2.24) is 14.3 Å². The van der Waals surface area contributed by atoms with E-state index >= 15 is 0 Å². The number of carboxylic acid groups (broad SMARTS) is 1. The maximum Gasteiger partial charge on any atom is 0.308 e. The van der Waals surface area contributed by atoms with Gasteiger partial charge in [-0.2, -0.15) is 4.31 Å². The third-order valence-electron chi connectivity index (χ3n) is 3.67. The highest BCUT2D eigenvalue weighted by atomic mass is 32.2. The molecular weight excluding hydrogens is 365 g/mol. The van der Waals surface area contributed by atoms with E-state index in [1.807, 2.05) is 0 Å². The fraction of sp³-hybridized carbons (Fsp3) is 0.312. The fourth-order valence-electron chi connectivity index (χ4n) is 2.35. The normalized spacial score (nSPS) is 11.7. The Balaban J connectivity index is 2.30. The van der Waals surface area contributed by atoms with Gasteiger partial charge in [0.1, 0.15) is 11.6 Å². The van der Waals surface area contributed by atoms with Crippen molar-refractivity contribution in [3.05, 3.63) is 63.1 Å². The number of aryl methyl sites for hydroxylation is 1. The largest absolute Gasteiger partial charge is 0.481 e. The van der Waals surface area contributed by atoms with Crippen LogP contribution in [0.3, 0.4) is 0 Å². The Morgan fingerprint density at radius 2 is 1.88 bits per heavy atom. The Morgan fingerprint density at radius 3 is 2.38 bits per heavy atom. The number of carbonyl (C=O) groups is 1. The fourth-order valence-corrected chi connectivity index (χ4v) is 3.09. The minimum atomic E-state index is -3.64. The van der Waals surface area contributed by atoms with Crippen molar-refractivity contribution in [3.8, 4) is 0 Å². The number of aromatic nitrogens is 2. The summed E-state index contributed by atoms with van der Waals surface area (Å²) in [5.74, 6) is -1.51. The van der Waals surface area contributed by atoms with Crippen molar-refractivity contribution in [2.75, 3.05) is 6.26 Å². The first-order chi connectivity index (χ1) is 12.1. The van der Waals surface area contributed by atoms with Crippen LogP contribution < -0.4 is 5.56 Å². The van der Waals surface area contributed by atoms with Gasteiger partial charge in [0.25, 0.3) is 5.56 Å². The zero-order valence-electron chi connectivity index (χ0n) is 14.2. The number of benzene rings is 1. The number of H-pyrrole nitrogens is 1. The highest BCUT2D eigenvalue weighted by Crippen LogP contribution is 2.13. The van der Waals surface area contributed by atoms with Gasteiger partial charge in [-0.25, -0.2) is 17.8 Å². The average molecular weight is 383 g/mol. The number of nitrogens with zero attached hydrogens (tertiary/aromatic N) is 2. The van der Waals surface area contributed by atoms with Crippen LogP contribution in [0.2, 0.25) is 0 Å². The van der Waals surface area contributed by atoms with E-state index in [9.17, 15) is 22.4 Å². The molecule has 8 nitrogen and oxygen atoms in total. The predicted octanol–water partition coefficient (Wildman–Crippen LogP) is 0.806. The number of nitrogens with one attached hydrogen (secondary N) is 1. The summed E-state index contributed by atoms with van der Waals surface area (Å²) in [5.41, 5.74) is 0.190. The summed E-state index contributed by atoms with van der Waals surface area (Å²) in [6, 6.07) is 5.37. The minimum Gasteiger partial charge on any atom is -0.481 e. The van der Waals surface area contributed by atoms with Gasteiger partial charge < -0.3 is 10.1 Å². The number of sulfonamides is 1. The average Bonchev–Trinajstić information content (AvgIpc) is 2.51. The van der Waals surface area contributed by atoms with E-state index in [0.717, 1.165) is 10.6 Å². The molecule has 2 rings (SSSR count). The number of carboxylic acids is 1. The molecule has 0 bridgehead atoms. The molecule has 0 saturated heterocycles. The maximum absolute atomic E-state index is 13.0. The molecule has 2 N–H and O–H groups in total. The van der Waals surface area contributed by atoms with Crippen molar-refractivity contribution in [2.24, 2.45) is 0 Å². The standard InChI is InChI=1S/C16H18FN3O5S/c1-10-13(7-15(21)22)16(23)19-14(18-10)9-20(26(2,24)25)8-11-3-5-12(17)6-4-11/h3-6H,7-9H2,1-2H3,(H,21,22)(H,18,19,23). The smallest absolute Gasteiger partial charge is 0.308 e. The third kappa shape index (κ3) is 5.20. The van der Waals surface area contributed by atoms with Crippen molar-refractivity contribution in [3.63, 3.8) is 0 Å². The summed E-state index contributed by atoms with van der Waals surface area (Å²) in [6.45, 7) is 1.25. The molecule has 1 aromatic carbocycles. The first-order valence-electron chi connectivity index (χ1n) is 7.56. The van der Waals surface area contributed by atoms with E-state index in [1.165, 1.54) is 31.2 Å². The van der Waals surface area contributed by atoms with Gasteiger partial charge in [-0.15, -0.1) is 0 Å². The van der Waals surface area contributed by atoms with Crippen molar-refractivity contribution < 1.29 is 22.7 Å². The molecule has 0 atom stereocenters. The van der Waals surface area contributed by atoms with Crippen LogP contribution >= 0.6 is 0 Å². The Hall–Kier alpha value is -2.59. The van der Waals surface area contributed by atoms with Gasteiger partial charge in [0.15, 0.2) is 0 Å². The molecule has 0 aliphatic heterocycles. The Bertz CT molecular complexity index is 970. The van der Waals surface area contributed by atoms with E-state index < -0.39 is 33.8 Å². The van der Waals surface area contributed by atoms with Crippen LogP contribution in [0.1, 0.15) is 22.6 Å². The zero-order valence-corrected chi connectivity index (χ0v) is 15.0. The Labute approximate surface area is 149 Å². The second kappa shape index (κ2) is 7.75. The lowest BCUT2D eigenvalue weighted by Gasteiger charge is -2.20. The molecule has 0 fully saturated rings. The molecule has 140 valence electrons. The number of hydrogen-bond acceptors (Lipinski definition) is 5. The molecular formula is C16H18FN3O5S. The minimum absolute atomic E-state index is 0.0192. The Morgan fingerprint density at radius 1 is 1.27 bits per heavy atom. The molecule has 0 spiro atoms. The highest BCUT2D eigenvalue weighted by molar-refractivity contribution is 7.88. The van der Waals surface area contributed by atoms with Gasteiger partial charge >= 0.3 is 5.97 Å². The number of rotatable bonds is 7. The number of aromatic amines is 1. The molecule has 0 amide bonds. The molecule has 1 aromatic heterocycles. The summed E-state index contributed by atoms with van der Waals surface area (Å²) in [4.78, 5) is 29.4. The van der Waals surface area contributed by atoms with Crippen LogP contribution in [0.25, 0.3) is 0 Å². The number of halogens is 1. The second-order valence-corrected chi connectivity index (χ2v) is 7.79. The zero-order chi connectivity index (χ0) is 19.5. The van der Waals surface area contributed by atoms with Crippen LogP contribution in [0.15, 0.2) is 29.1 Å². The summed E-state index contributed by atoms with van der Waals surface area (Å²) < 4.78 is 38.2. The van der Waals surface area contributed by atoms with Crippen LogP contribution in [-0.2, 0) is 34.3 Å². The van der Waals surface area contributed by atoms with E-state index in [0.29, 0.717) is 5.56 Å². The van der Waals surface area contributed by atoms with Gasteiger partial charge in [0.2, 0.25) is 10.0 Å². The van der Waals surface area contributed by atoms with Crippen molar-refractivity contribution in [1.29, 1.82) is 0 Å². The lowest BCUT2D eigenvalue weighted by Crippen LogP contribution is -2.31. The van der Waals surface area contributed by atoms with Crippen molar-refractivity contribution in [2.45, 2.75) is 26.4 Å². The third-order valence-corrected chi connectivity index (χ3v) is 4.86.